The highest BCUT2D eigenvalue weighted by atomic mass is 32.2. The summed E-state index contributed by atoms with van der Waals surface area (Å²) in [5.41, 5.74) is 1.41. The van der Waals surface area contributed by atoms with Gasteiger partial charge in [-0.2, -0.15) is 0 Å². The molecule has 0 spiro atoms. The molecule has 0 saturated carbocycles. The molecule has 2 atom stereocenters. The summed E-state index contributed by atoms with van der Waals surface area (Å²) >= 11 is 1.97. The molecular formula is C16H27NS. The van der Waals surface area contributed by atoms with E-state index in [9.17, 15) is 0 Å². The van der Waals surface area contributed by atoms with E-state index in [1.807, 2.05) is 11.8 Å². The van der Waals surface area contributed by atoms with Gasteiger partial charge in [-0.05, 0) is 36.6 Å². The Bertz CT molecular complexity index is 320. The van der Waals surface area contributed by atoms with Crippen molar-refractivity contribution in [3.8, 4) is 0 Å². The maximum Gasteiger partial charge on any atom is 0.0317 e. The Morgan fingerprint density at radius 3 is 2.22 bits per heavy atom. The van der Waals surface area contributed by atoms with Crippen LogP contribution in [0.5, 0.6) is 0 Å². The highest BCUT2D eigenvalue weighted by Gasteiger charge is 2.07. The van der Waals surface area contributed by atoms with E-state index in [-0.39, 0.29) is 0 Å². The normalized spacial score (nSPS) is 14.4. The Labute approximate surface area is 117 Å². The highest BCUT2D eigenvalue weighted by molar-refractivity contribution is 7.99. The Morgan fingerprint density at radius 2 is 1.72 bits per heavy atom. The molecule has 0 aromatic heterocycles. The van der Waals surface area contributed by atoms with Crippen molar-refractivity contribution in [3.05, 3.63) is 29.8 Å². The third kappa shape index (κ3) is 5.03. The van der Waals surface area contributed by atoms with Crippen molar-refractivity contribution in [2.45, 2.75) is 51.5 Å². The van der Waals surface area contributed by atoms with Crippen LogP contribution in [0, 0.1) is 5.92 Å². The lowest BCUT2D eigenvalue weighted by Crippen LogP contribution is -2.19. The van der Waals surface area contributed by atoms with Gasteiger partial charge >= 0.3 is 0 Å². The van der Waals surface area contributed by atoms with E-state index in [4.69, 9.17) is 0 Å². The molecule has 18 heavy (non-hydrogen) atoms. The second-order valence-electron chi connectivity index (χ2n) is 4.91. The summed E-state index contributed by atoms with van der Waals surface area (Å²) in [4.78, 5) is 1.39. The maximum absolute atomic E-state index is 3.52. The number of benzene rings is 1. The number of hydrogen-bond acceptors (Lipinski definition) is 2. The minimum atomic E-state index is 0.503. The van der Waals surface area contributed by atoms with Crippen LogP contribution in [0.2, 0.25) is 0 Å². The van der Waals surface area contributed by atoms with E-state index in [0.717, 1.165) is 18.9 Å². The van der Waals surface area contributed by atoms with Crippen molar-refractivity contribution in [2.24, 2.45) is 5.92 Å². The van der Waals surface area contributed by atoms with Gasteiger partial charge in [0.05, 0.1) is 0 Å². The molecule has 0 fully saturated rings. The van der Waals surface area contributed by atoms with Crippen LogP contribution in [0.3, 0.4) is 0 Å². The molecule has 2 heteroatoms. The van der Waals surface area contributed by atoms with E-state index < -0.39 is 0 Å². The van der Waals surface area contributed by atoms with Crippen molar-refractivity contribution in [2.75, 3.05) is 12.3 Å². The van der Waals surface area contributed by atoms with Gasteiger partial charge in [0.2, 0.25) is 0 Å². The number of hydrogen-bond donors (Lipinski definition) is 1. The average molecular weight is 265 g/mol. The molecule has 0 saturated heterocycles. The SMILES string of the molecule is CCNC(CC)c1ccc(SCC(C)CC)cc1. The van der Waals surface area contributed by atoms with Gasteiger partial charge in [0.25, 0.3) is 0 Å². The largest absolute Gasteiger partial charge is 0.310 e. The van der Waals surface area contributed by atoms with Crippen LogP contribution >= 0.6 is 11.8 Å². The molecule has 1 aromatic carbocycles. The second-order valence-corrected chi connectivity index (χ2v) is 6.01. The maximum atomic E-state index is 3.52. The fourth-order valence-electron chi connectivity index (χ4n) is 1.90. The minimum Gasteiger partial charge on any atom is -0.310 e. The van der Waals surface area contributed by atoms with E-state index in [2.05, 4.69) is 57.3 Å². The fourth-order valence-corrected chi connectivity index (χ4v) is 2.94. The molecule has 0 heterocycles. The summed E-state index contributed by atoms with van der Waals surface area (Å²) in [6, 6.07) is 9.58. The third-order valence-corrected chi connectivity index (χ3v) is 4.71. The molecule has 0 radical (unpaired) electrons. The first-order valence-electron chi connectivity index (χ1n) is 7.17. The highest BCUT2D eigenvalue weighted by Crippen LogP contribution is 2.24. The zero-order valence-electron chi connectivity index (χ0n) is 12.2. The summed E-state index contributed by atoms with van der Waals surface area (Å²) in [6.45, 7) is 10.0. The summed E-state index contributed by atoms with van der Waals surface area (Å²) < 4.78 is 0. The second kappa shape index (κ2) is 8.60. The predicted molar refractivity (Wildman–Crippen MR) is 83.3 cm³/mol. The molecule has 0 aliphatic heterocycles. The fraction of sp³-hybridized carbons (Fsp3) is 0.625. The van der Waals surface area contributed by atoms with Crippen LogP contribution in [-0.2, 0) is 0 Å². The van der Waals surface area contributed by atoms with E-state index in [1.54, 1.807) is 0 Å². The van der Waals surface area contributed by atoms with E-state index in [0.29, 0.717) is 6.04 Å². The number of nitrogens with one attached hydrogen (secondary N) is 1. The van der Waals surface area contributed by atoms with Crippen molar-refractivity contribution < 1.29 is 0 Å². The molecule has 0 aliphatic carbocycles. The van der Waals surface area contributed by atoms with E-state index in [1.165, 1.54) is 22.6 Å². The molecule has 1 N–H and O–H groups in total. The molecule has 0 amide bonds. The number of rotatable bonds is 8. The van der Waals surface area contributed by atoms with Gasteiger partial charge in [0.1, 0.15) is 0 Å². The minimum absolute atomic E-state index is 0.503. The third-order valence-electron chi connectivity index (χ3n) is 3.37. The predicted octanol–water partition coefficient (Wildman–Crippen LogP) is 4.89. The topological polar surface area (TPSA) is 12.0 Å². The molecule has 0 aliphatic rings. The van der Waals surface area contributed by atoms with Gasteiger partial charge in [-0.3, -0.25) is 0 Å². The molecule has 1 aromatic rings. The smallest absolute Gasteiger partial charge is 0.0317 e. The molecule has 1 nitrogen and oxygen atoms in total. The molecular weight excluding hydrogens is 238 g/mol. The van der Waals surface area contributed by atoms with Gasteiger partial charge in [-0.25, -0.2) is 0 Å². The Balaban J connectivity index is 2.56. The summed E-state index contributed by atoms with van der Waals surface area (Å²) in [7, 11) is 0. The van der Waals surface area contributed by atoms with Gasteiger partial charge in [-0.1, -0.05) is 46.2 Å². The van der Waals surface area contributed by atoms with Crippen LogP contribution in [0.1, 0.15) is 52.1 Å². The summed E-state index contributed by atoms with van der Waals surface area (Å²) in [6.07, 6.45) is 2.41. The molecule has 2 unspecified atom stereocenters. The van der Waals surface area contributed by atoms with Crippen molar-refractivity contribution in [1.29, 1.82) is 0 Å². The van der Waals surface area contributed by atoms with Gasteiger partial charge in [-0.15, -0.1) is 11.8 Å². The molecule has 102 valence electrons. The van der Waals surface area contributed by atoms with Gasteiger partial charge in [0.15, 0.2) is 0 Å². The van der Waals surface area contributed by atoms with Crippen LogP contribution in [0.15, 0.2) is 29.2 Å². The van der Waals surface area contributed by atoms with Crippen LogP contribution in [0.4, 0.5) is 0 Å². The lowest BCUT2D eigenvalue weighted by molar-refractivity contribution is 0.537. The van der Waals surface area contributed by atoms with Gasteiger partial charge in [0, 0.05) is 16.7 Å². The first kappa shape index (κ1) is 15.6. The Kier molecular flexibility index (Phi) is 7.45. The summed E-state index contributed by atoms with van der Waals surface area (Å²) in [5.74, 6) is 2.03. The summed E-state index contributed by atoms with van der Waals surface area (Å²) in [5, 5.41) is 3.52. The van der Waals surface area contributed by atoms with E-state index >= 15 is 0 Å². The zero-order chi connectivity index (χ0) is 13.4. The average Bonchev–Trinajstić information content (AvgIpc) is 2.42. The van der Waals surface area contributed by atoms with Gasteiger partial charge < -0.3 is 5.32 Å². The molecule has 0 bridgehead atoms. The van der Waals surface area contributed by atoms with Crippen molar-refractivity contribution in [1.82, 2.24) is 5.32 Å². The Morgan fingerprint density at radius 1 is 1.06 bits per heavy atom. The van der Waals surface area contributed by atoms with Crippen LogP contribution in [-0.4, -0.2) is 12.3 Å². The van der Waals surface area contributed by atoms with Crippen molar-refractivity contribution >= 4 is 11.8 Å². The zero-order valence-corrected chi connectivity index (χ0v) is 13.0. The standard InChI is InChI=1S/C16H27NS/c1-5-13(4)12-18-15-10-8-14(9-11-15)16(6-2)17-7-3/h8-11,13,16-17H,5-7,12H2,1-4H3. The van der Waals surface area contributed by atoms with Crippen LogP contribution in [0.25, 0.3) is 0 Å². The van der Waals surface area contributed by atoms with Crippen LogP contribution < -0.4 is 5.32 Å². The quantitative estimate of drug-likeness (QED) is 0.672. The number of thioether (sulfide) groups is 1. The first-order valence-corrected chi connectivity index (χ1v) is 8.15. The van der Waals surface area contributed by atoms with Crippen molar-refractivity contribution in [3.63, 3.8) is 0 Å². The first-order chi connectivity index (χ1) is 8.71. The molecule has 1 rings (SSSR count). The Hall–Kier alpha value is -0.470. The lowest BCUT2D eigenvalue weighted by Gasteiger charge is -2.16. The lowest BCUT2D eigenvalue weighted by atomic mass is 10.1. The monoisotopic (exact) mass is 265 g/mol.